The second-order valence-corrected chi connectivity index (χ2v) is 4.65. The number of ether oxygens (including phenoxy) is 1. The molecule has 1 N–H and O–H groups in total. The van der Waals surface area contributed by atoms with E-state index in [0.717, 1.165) is 31.6 Å². The molecule has 1 aliphatic heterocycles. The van der Waals surface area contributed by atoms with Crippen LogP contribution >= 0.6 is 11.6 Å². The zero-order valence-electron chi connectivity index (χ0n) is 8.02. The molecule has 3 heteroatoms. The van der Waals surface area contributed by atoms with Gasteiger partial charge in [-0.15, -0.1) is 11.6 Å². The highest BCUT2D eigenvalue weighted by atomic mass is 35.5. The van der Waals surface area contributed by atoms with E-state index >= 15 is 0 Å². The highest BCUT2D eigenvalue weighted by Gasteiger charge is 2.36. The molecule has 0 amide bonds. The van der Waals surface area contributed by atoms with E-state index in [4.69, 9.17) is 16.3 Å². The van der Waals surface area contributed by atoms with E-state index in [2.05, 4.69) is 5.32 Å². The molecule has 1 heterocycles. The zero-order chi connectivity index (χ0) is 9.15. The van der Waals surface area contributed by atoms with Gasteiger partial charge < -0.3 is 10.1 Å². The molecule has 0 aromatic rings. The Morgan fingerprint density at radius 2 is 2.31 bits per heavy atom. The molecular weight excluding hydrogens is 186 g/mol. The minimum absolute atomic E-state index is 0.282. The van der Waals surface area contributed by atoms with Crippen LogP contribution in [0.3, 0.4) is 0 Å². The lowest BCUT2D eigenvalue weighted by atomic mass is 9.78. The summed E-state index contributed by atoms with van der Waals surface area (Å²) in [6.07, 6.45) is 5.06. The molecule has 0 radical (unpaired) electrons. The minimum Gasteiger partial charge on any atom is -0.381 e. The number of alkyl halides is 1. The quantitative estimate of drug-likeness (QED) is 0.704. The Hall–Kier alpha value is 0.210. The third kappa shape index (κ3) is 2.17. The van der Waals surface area contributed by atoms with Crippen LogP contribution in [0.15, 0.2) is 0 Å². The van der Waals surface area contributed by atoms with Crippen molar-refractivity contribution in [2.75, 3.05) is 25.6 Å². The molecule has 0 aromatic heterocycles. The van der Waals surface area contributed by atoms with Crippen LogP contribution in [-0.2, 0) is 4.74 Å². The number of nitrogens with one attached hydrogen (secondary N) is 1. The molecule has 0 spiro atoms. The molecule has 2 fully saturated rings. The molecule has 1 saturated heterocycles. The van der Waals surface area contributed by atoms with Crippen molar-refractivity contribution >= 4 is 11.6 Å². The maximum Gasteiger partial charge on any atom is 0.0507 e. The number of hydrogen-bond donors (Lipinski definition) is 1. The molecule has 1 atom stereocenters. The summed E-state index contributed by atoms with van der Waals surface area (Å²) in [7, 11) is 0. The monoisotopic (exact) mass is 203 g/mol. The van der Waals surface area contributed by atoms with E-state index in [9.17, 15) is 0 Å². The summed E-state index contributed by atoms with van der Waals surface area (Å²) in [4.78, 5) is 0. The lowest BCUT2D eigenvalue weighted by Gasteiger charge is -2.42. The molecule has 1 saturated carbocycles. The Kier molecular flexibility index (Phi) is 3.12. The Balaban J connectivity index is 1.71. The fourth-order valence-electron chi connectivity index (χ4n) is 2.07. The fraction of sp³-hybridized carbons (Fsp3) is 1.00. The van der Waals surface area contributed by atoms with E-state index < -0.39 is 0 Å². The van der Waals surface area contributed by atoms with E-state index in [1.807, 2.05) is 0 Å². The second-order valence-electron chi connectivity index (χ2n) is 4.38. The van der Waals surface area contributed by atoms with Crippen LogP contribution in [0.4, 0.5) is 0 Å². The van der Waals surface area contributed by atoms with Gasteiger partial charge in [0, 0.05) is 24.6 Å². The first-order valence-corrected chi connectivity index (χ1v) is 5.77. The van der Waals surface area contributed by atoms with Crippen LogP contribution in [0, 0.1) is 5.92 Å². The van der Waals surface area contributed by atoms with Crippen molar-refractivity contribution in [3.8, 4) is 0 Å². The summed E-state index contributed by atoms with van der Waals surface area (Å²) in [6, 6.07) is 0. The molecule has 1 aliphatic carbocycles. The van der Waals surface area contributed by atoms with Crippen molar-refractivity contribution in [1.29, 1.82) is 0 Å². The van der Waals surface area contributed by atoms with Crippen molar-refractivity contribution in [2.24, 2.45) is 5.92 Å². The molecule has 0 aromatic carbocycles. The summed E-state index contributed by atoms with van der Waals surface area (Å²) >= 11 is 5.95. The summed E-state index contributed by atoms with van der Waals surface area (Å²) in [5.74, 6) is 1.49. The molecule has 2 nitrogen and oxygen atoms in total. The first-order valence-electron chi connectivity index (χ1n) is 5.23. The van der Waals surface area contributed by atoms with Crippen molar-refractivity contribution in [1.82, 2.24) is 5.32 Å². The summed E-state index contributed by atoms with van der Waals surface area (Å²) < 4.78 is 5.33. The molecule has 0 bridgehead atoms. The normalized spacial score (nSPS) is 31.6. The predicted molar refractivity (Wildman–Crippen MR) is 54.2 cm³/mol. The van der Waals surface area contributed by atoms with Crippen molar-refractivity contribution in [3.63, 3.8) is 0 Å². The Morgan fingerprint density at radius 1 is 1.46 bits per heavy atom. The largest absolute Gasteiger partial charge is 0.381 e. The van der Waals surface area contributed by atoms with E-state index in [0.29, 0.717) is 0 Å². The van der Waals surface area contributed by atoms with Gasteiger partial charge in [-0.2, -0.15) is 0 Å². The van der Waals surface area contributed by atoms with Crippen LogP contribution in [0.25, 0.3) is 0 Å². The van der Waals surface area contributed by atoms with Crippen LogP contribution in [-0.4, -0.2) is 31.2 Å². The third-order valence-corrected chi connectivity index (χ3v) is 3.87. The summed E-state index contributed by atoms with van der Waals surface area (Å²) in [6.45, 7) is 2.97. The van der Waals surface area contributed by atoms with Crippen LogP contribution < -0.4 is 5.32 Å². The van der Waals surface area contributed by atoms with Gasteiger partial charge >= 0.3 is 0 Å². The Bertz CT molecular complexity index is 159. The molecule has 2 rings (SSSR count). The van der Waals surface area contributed by atoms with E-state index in [-0.39, 0.29) is 5.54 Å². The number of rotatable bonds is 4. The van der Waals surface area contributed by atoms with Crippen molar-refractivity contribution < 1.29 is 4.74 Å². The minimum atomic E-state index is 0.282. The highest BCUT2D eigenvalue weighted by Crippen LogP contribution is 2.33. The topological polar surface area (TPSA) is 21.3 Å². The van der Waals surface area contributed by atoms with Crippen LogP contribution in [0.5, 0.6) is 0 Å². The number of halogens is 1. The number of hydrogen-bond acceptors (Lipinski definition) is 2. The van der Waals surface area contributed by atoms with Gasteiger partial charge in [0.2, 0.25) is 0 Å². The Morgan fingerprint density at radius 3 is 2.77 bits per heavy atom. The molecule has 13 heavy (non-hydrogen) atoms. The van der Waals surface area contributed by atoms with Gasteiger partial charge in [0.05, 0.1) is 6.61 Å². The van der Waals surface area contributed by atoms with Gasteiger partial charge in [0.15, 0.2) is 0 Å². The lowest BCUT2D eigenvalue weighted by molar-refractivity contribution is 0.170. The van der Waals surface area contributed by atoms with Gasteiger partial charge in [-0.25, -0.2) is 0 Å². The van der Waals surface area contributed by atoms with Crippen molar-refractivity contribution in [2.45, 2.75) is 31.2 Å². The zero-order valence-corrected chi connectivity index (χ0v) is 8.78. The average Bonchev–Trinajstić information content (AvgIpc) is 2.56. The SMILES string of the molecule is ClCC1(NCC2CCOC2)CCC1. The van der Waals surface area contributed by atoms with Crippen LogP contribution in [0.2, 0.25) is 0 Å². The Labute approximate surface area is 85.0 Å². The van der Waals surface area contributed by atoms with Gasteiger partial charge in [0.1, 0.15) is 0 Å². The average molecular weight is 204 g/mol. The second kappa shape index (κ2) is 4.16. The summed E-state index contributed by atoms with van der Waals surface area (Å²) in [5, 5.41) is 3.61. The van der Waals surface area contributed by atoms with E-state index in [1.165, 1.54) is 25.7 Å². The fourth-order valence-corrected chi connectivity index (χ4v) is 2.43. The smallest absolute Gasteiger partial charge is 0.0507 e. The molecular formula is C10H18ClNO. The van der Waals surface area contributed by atoms with Gasteiger partial charge in [-0.1, -0.05) is 0 Å². The molecule has 1 unspecified atom stereocenters. The third-order valence-electron chi connectivity index (χ3n) is 3.36. The maximum absolute atomic E-state index is 5.95. The molecule has 76 valence electrons. The lowest BCUT2D eigenvalue weighted by Crippen LogP contribution is -2.54. The standard InChI is InChI=1S/C10H18ClNO/c11-8-10(3-1-4-10)12-6-9-2-5-13-7-9/h9,12H,1-8H2. The first-order chi connectivity index (χ1) is 6.35. The highest BCUT2D eigenvalue weighted by molar-refractivity contribution is 6.18. The predicted octanol–water partition coefficient (Wildman–Crippen LogP) is 1.77. The van der Waals surface area contributed by atoms with Crippen LogP contribution in [0.1, 0.15) is 25.7 Å². The van der Waals surface area contributed by atoms with Crippen molar-refractivity contribution in [3.05, 3.63) is 0 Å². The van der Waals surface area contributed by atoms with Gasteiger partial charge in [0.25, 0.3) is 0 Å². The van der Waals surface area contributed by atoms with E-state index in [1.54, 1.807) is 0 Å². The first kappa shape index (κ1) is 9.75. The molecule has 2 aliphatic rings. The maximum atomic E-state index is 5.95. The van der Waals surface area contributed by atoms with Gasteiger partial charge in [-0.05, 0) is 31.6 Å². The summed E-state index contributed by atoms with van der Waals surface area (Å²) in [5.41, 5.74) is 0.282. The van der Waals surface area contributed by atoms with Gasteiger partial charge in [-0.3, -0.25) is 0 Å².